The number of hydrogen-bond acceptors (Lipinski definition) is 7. The highest BCUT2D eigenvalue weighted by Crippen LogP contribution is 2.43. The zero-order valence-corrected chi connectivity index (χ0v) is 27.2. The molecule has 0 heterocycles. The van der Waals surface area contributed by atoms with E-state index in [1.165, 1.54) is 23.3 Å². The van der Waals surface area contributed by atoms with Crippen molar-refractivity contribution in [3.05, 3.63) is 155 Å². The first-order valence-corrected chi connectivity index (χ1v) is 17.6. The molecule has 0 spiro atoms. The number of nitrogens with one attached hydrogen (secondary N) is 2. The number of aliphatic hydroxyl groups is 1. The topological polar surface area (TPSA) is 113 Å². The Morgan fingerprint density at radius 2 is 0.957 bits per heavy atom. The van der Waals surface area contributed by atoms with Crippen LogP contribution in [0.15, 0.2) is 138 Å². The smallest absolute Gasteiger partial charge is 0.217 e. The van der Waals surface area contributed by atoms with Crippen molar-refractivity contribution in [3.63, 3.8) is 0 Å². The molecule has 0 bridgehead atoms. The van der Waals surface area contributed by atoms with E-state index in [9.17, 15) is 21.9 Å². The zero-order valence-electron chi connectivity index (χ0n) is 25.5. The van der Waals surface area contributed by atoms with Crippen molar-refractivity contribution in [1.82, 2.24) is 10.6 Å². The Morgan fingerprint density at radius 3 is 1.35 bits per heavy atom. The second-order valence-corrected chi connectivity index (χ2v) is 13.3. The third kappa shape index (κ3) is 8.04. The first-order valence-electron chi connectivity index (χ1n) is 15.4. The quantitative estimate of drug-likeness (QED) is 0.179. The maximum atomic E-state index is 13.0. The van der Waals surface area contributed by atoms with Crippen molar-refractivity contribution in [3.8, 4) is 0 Å². The second-order valence-electron chi connectivity index (χ2n) is 11.3. The van der Waals surface area contributed by atoms with Crippen LogP contribution in [0.2, 0.25) is 0 Å². The fourth-order valence-corrected chi connectivity index (χ4v) is 6.80. The molecule has 3 aromatic carbocycles. The van der Waals surface area contributed by atoms with Gasteiger partial charge in [-0.3, -0.25) is 0 Å². The largest absolute Gasteiger partial charge is 0.388 e. The zero-order chi connectivity index (χ0) is 32.4. The molecule has 9 heteroatoms. The van der Waals surface area contributed by atoms with E-state index in [1.807, 2.05) is 66.7 Å². The highest BCUT2D eigenvalue weighted by atomic mass is 32.2. The molecule has 0 saturated heterocycles. The maximum Gasteiger partial charge on any atom is 0.217 e. The van der Waals surface area contributed by atoms with E-state index >= 15 is 0 Å². The summed E-state index contributed by atoms with van der Waals surface area (Å²) in [6.45, 7) is 1.13. The number of benzene rings is 3. The monoisotopic (exact) mass is 654 g/mol. The number of allylic oxidation sites excluding steroid dienone is 4. The van der Waals surface area contributed by atoms with Gasteiger partial charge in [-0.25, -0.2) is 0 Å². The third-order valence-corrected chi connectivity index (χ3v) is 9.69. The van der Waals surface area contributed by atoms with Crippen molar-refractivity contribution in [2.75, 3.05) is 13.1 Å². The molecule has 0 amide bonds. The molecular formula is C37H38N2O5S2. The molecule has 46 heavy (non-hydrogen) atoms. The average Bonchev–Trinajstić information content (AvgIpc) is 3.09. The van der Waals surface area contributed by atoms with Crippen LogP contribution in [-0.4, -0.2) is 44.8 Å². The van der Waals surface area contributed by atoms with E-state index in [0.717, 1.165) is 25.7 Å². The molecular weight excluding hydrogens is 617 g/mol. The minimum Gasteiger partial charge on any atom is -0.388 e. The Hall–Kier alpha value is -4.44. The van der Waals surface area contributed by atoms with Crippen LogP contribution in [0.5, 0.6) is 0 Å². The lowest BCUT2D eigenvalue weighted by Crippen LogP contribution is -2.38. The molecule has 0 aliphatic heterocycles. The fourth-order valence-electron chi connectivity index (χ4n) is 5.92. The third-order valence-electron chi connectivity index (χ3n) is 8.27. The van der Waals surface area contributed by atoms with Gasteiger partial charge in [0.2, 0.25) is 20.6 Å². The standard InChI is InChI=1S/C37H38N2O5S2/c40-37(30-18-8-3-9-19-30,33-22-20-31(45(41)42)26-35(33)38-24-10-16-28-12-4-1-5-13-28)34-23-21-32(46(43)44)27-36(34)39-25-11-17-29-14-6-2-7-15-29/h1-9,12-15,18-23,38-40H,10-11,16-17,24-27H2. The Kier molecular flexibility index (Phi) is 11.3. The van der Waals surface area contributed by atoms with Crippen LogP contribution in [0.3, 0.4) is 0 Å². The van der Waals surface area contributed by atoms with Crippen LogP contribution in [0.25, 0.3) is 0 Å². The van der Waals surface area contributed by atoms with Crippen LogP contribution >= 0.6 is 0 Å². The lowest BCUT2D eigenvalue weighted by molar-refractivity contribution is 0.120. The minimum atomic E-state index is -2.43. The molecule has 3 aromatic rings. The SMILES string of the molecule is O=S(=O)=C1C=CC(C(O)(C2=C(NCCCc3ccccc3)CC(=S(=O)=O)C=C2)c2ccccc2)=C(NCCCc2ccccc2)C1. The van der Waals surface area contributed by atoms with Gasteiger partial charge in [0.1, 0.15) is 5.60 Å². The number of hydrogen-bond donors (Lipinski definition) is 3. The summed E-state index contributed by atoms with van der Waals surface area (Å²) in [5.41, 5.74) is 3.52. The van der Waals surface area contributed by atoms with Gasteiger partial charge in [0.25, 0.3) is 0 Å². The van der Waals surface area contributed by atoms with E-state index < -0.39 is 26.2 Å². The maximum absolute atomic E-state index is 13.0. The molecule has 2 aliphatic rings. The van der Waals surface area contributed by atoms with Crippen molar-refractivity contribution >= 4 is 30.3 Å². The molecule has 0 unspecified atom stereocenters. The summed E-state index contributed by atoms with van der Waals surface area (Å²) >= 11 is 0. The van der Waals surface area contributed by atoms with Crippen LogP contribution in [0.1, 0.15) is 42.4 Å². The Morgan fingerprint density at radius 1 is 0.565 bits per heavy atom. The van der Waals surface area contributed by atoms with E-state index in [-0.39, 0.29) is 22.6 Å². The predicted molar refractivity (Wildman–Crippen MR) is 185 cm³/mol. The summed E-state index contributed by atoms with van der Waals surface area (Å²) in [4.78, 5) is 0.434. The molecule has 0 radical (unpaired) electrons. The van der Waals surface area contributed by atoms with E-state index in [4.69, 9.17) is 0 Å². The molecule has 238 valence electrons. The summed E-state index contributed by atoms with van der Waals surface area (Å²) in [6, 6.07) is 29.5. The summed E-state index contributed by atoms with van der Waals surface area (Å²) in [6.07, 6.45) is 9.88. The summed E-state index contributed by atoms with van der Waals surface area (Å²) in [5.74, 6) is 0. The van der Waals surface area contributed by atoms with Crippen molar-refractivity contribution in [2.24, 2.45) is 0 Å². The second kappa shape index (κ2) is 15.7. The van der Waals surface area contributed by atoms with Crippen LogP contribution in [0, 0.1) is 0 Å². The van der Waals surface area contributed by atoms with Gasteiger partial charge in [-0.05, 0) is 54.5 Å². The Bertz CT molecular complexity index is 1810. The van der Waals surface area contributed by atoms with Gasteiger partial charge in [0.05, 0.1) is 9.73 Å². The Balaban J connectivity index is 1.54. The summed E-state index contributed by atoms with van der Waals surface area (Å²) < 4.78 is 48.2. The molecule has 5 rings (SSSR count). The van der Waals surface area contributed by atoms with E-state index in [1.54, 1.807) is 12.2 Å². The van der Waals surface area contributed by atoms with Gasteiger partial charge < -0.3 is 15.7 Å². The van der Waals surface area contributed by atoms with Crippen LogP contribution in [-0.2, 0) is 39.0 Å². The van der Waals surface area contributed by atoms with Crippen molar-refractivity contribution in [2.45, 2.75) is 44.1 Å². The van der Waals surface area contributed by atoms with Gasteiger partial charge in [-0.2, -0.15) is 16.8 Å². The molecule has 0 atom stereocenters. The van der Waals surface area contributed by atoms with Gasteiger partial charge in [0.15, 0.2) is 0 Å². The normalized spacial score (nSPS) is 14.9. The first kappa shape index (κ1) is 32.9. The molecule has 0 fully saturated rings. The minimum absolute atomic E-state index is 0.0984. The summed E-state index contributed by atoms with van der Waals surface area (Å²) in [5, 5.41) is 19.9. The lowest BCUT2D eigenvalue weighted by atomic mass is 9.74. The van der Waals surface area contributed by atoms with Crippen LogP contribution < -0.4 is 10.6 Å². The van der Waals surface area contributed by atoms with Gasteiger partial charge in [-0.1, -0.05) is 103 Å². The van der Waals surface area contributed by atoms with Gasteiger partial charge in [0, 0.05) is 48.5 Å². The highest BCUT2D eigenvalue weighted by Gasteiger charge is 2.41. The van der Waals surface area contributed by atoms with Crippen molar-refractivity contribution in [1.29, 1.82) is 0 Å². The van der Waals surface area contributed by atoms with E-state index in [2.05, 4.69) is 34.9 Å². The molecule has 0 saturated carbocycles. The van der Waals surface area contributed by atoms with E-state index in [0.29, 0.717) is 41.2 Å². The average molecular weight is 655 g/mol. The number of aryl methyl sites for hydroxylation is 2. The van der Waals surface area contributed by atoms with Gasteiger partial charge >= 0.3 is 0 Å². The molecule has 7 nitrogen and oxygen atoms in total. The van der Waals surface area contributed by atoms with Crippen LogP contribution in [0.4, 0.5) is 0 Å². The molecule has 0 aromatic heterocycles. The molecule has 2 aliphatic carbocycles. The first-order chi connectivity index (χ1) is 22.4. The lowest BCUT2D eigenvalue weighted by Gasteiger charge is -2.37. The highest BCUT2D eigenvalue weighted by molar-refractivity contribution is 7.73. The summed E-state index contributed by atoms with van der Waals surface area (Å²) in [7, 11) is -4.85. The Labute approximate surface area is 273 Å². The molecule has 3 N–H and O–H groups in total. The van der Waals surface area contributed by atoms with Gasteiger partial charge in [-0.15, -0.1) is 0 Å². The van der Waals surface area contributed by atoms with Crippen molar-refractivity contribution < 1.29 is 21.9 Å². The fraction of sp³-hybridized carbons (Fsp3) is 0.243. The predicted octanol–water partition coefficient (Wildman–Crippen LogP) is 4.85. The number of rotatable bonds is 13.